The molecule has 0 spiro atoms. The van der Waals surface area contributed by atoms with Gasteiger partial charge in [-0.05, 0) is 41.9 Å². The van der Waals surface area contributed by atoms with Crippen molar-refractivity contribution in [1.29, 1.82) is 5.26 Å². The van der Waals surface area contributed by atoms with E-state index in [-0.39, 0.29) is 11.7 Å². The van der Waals surface area contributed by atoms with E-state index in [0.717, 1.165) is 21.7 Å². The first-order valence-corrected chi connectivity index (χ1v) is 11.5. The third kappa shape index (κ3) is 3.76. The lowest BCUT2D eigenvalue weighted by molar-refractivity contribution is -0.117. The fourth-order valence-electron chi connectivity index (χ4n) is 4.66. The van der Waals surface area contributed by atoms with E-state index in [0.29, 0.717) is 29.8 Å². The predicted molar refractivity (Wildman–Crippen MR) is 124 cm³/mol. The van der Waals surface area contributed by atoms with Gasteiger partial charge in [-0.3, -0.25) is 9.80 Å². The molecule has 2 aromatic carbocycles. The number of nitrogens with two attached hydrogens (primary N) is 1. The molecule has 1 aliphatic carbocycles. The Labute approximate surface area is 187 Å². The molecule has 0 unspecified atom stereocenters. The van der Waals surface area contributed by atoms with E-state index in [1.807, 2.05) is 72.8 Å². The molecule has 0 aromatic heterocycles. The summed E-state index contributed by atoms with van der Waals surface area (Å²) >= 11 is 1.66. The summed E-state index contributed by atoms with van der Waals surface area (Å²) in [6.07, 6.45) is 3.16. The van der Waals surface area contributed by atoms with Gasteiger partial charge in [0.1, 0.15) is 5.82 Å². The molecule has 0 bridgehead atoms. The van der Waals surface area contributed by atoms with Gasteiger partial charge in [-0.1, -0.05) is 42.5 Å². The SMILES string of the molecule is CSc1ccc([C@@H]2C(C#N)=C(N)N(N(C)C)C3=C2C(=O)C[C@@H](c2ccccc2)C3)cc1. The highest BCUT2D eigenvalue weighted by molar-refractivity contribution is 7.98. The van der Waals surface area contributed by atoms with Gasteiger partial charge in [-0.2, -0.15) is 5.26 Å². The molecule has 158 valence electrons. The Hall–Kier alpha value is -3.01. The lowest BCUT2D eigenvalue weighted by Crippen LogP contribution is -2.46. The summed E-state index contributed by atoms with van der Waals surface area (Å²) in [6.45, 7) is 0. The van der Waals surface area contributed by atoms with Crippen molar-refractivity contribution in [2.75, 3.05) is 20.4 Å². The molecule has 0 saturated heterocycles. The highest BCUT2D eigenvalue weighted by Crippen LogP contribution is 2.48. The molecule has 31 heavy (non-hydrogen) atoms. The number of nitriles is 1. The fraction of sp³-hybridized carbons (Fsp3) is 0.280. The van der Waals surface area contributed by atoms with Crippen LogP contribution in [0.3, 0.4) is 0 Å². The Morgan fingerprint density at radius 2 is 1.74 bits per heavy atom. The van der Waals surface area contributed by atoms with Gasteiger partial charge in [0.05, 0.1) is 17.6 Å². The first kappa shape index (κ1) is 21.2. The zero-order chi connectivity index (χ0) is 22.1. The summed E-state index contributed by atoms with van der Waals surface area (Å²) in [6, 6.07) is 20.5. The van der Waals surface area contributed by atoms with Crippen LogP contribution in [0.15, 0.2) is 82.2 Å². The molecule has 0 radical (unpaired) electrons. The number of nitrogens with zero attached hydrogens (tertiary/aromatic N) is 3. The van der Waals surface area contributed by atoms with Gasteiger partial charge < -0.3 is 5.73 Å². The molecular formula is C25H26N4OS. The van der Waals surface area contributed by atoms with Crippen LogP contribution in [0.5, 0.6) is 0 Å². The molecule has 2 aliphatic rings. The van der Waals surface area contributed by atoms with Crippen LogP contribution in [-0.2, 0) is 4.79 Å². The Morgan fingerprint density at radius 3 is 2.32 bits per heavy atom. The third-order valence-corrected chi connectivity index (χ3v) is 6.80. The number of Topliss-reactive ketones (excluding diaryl/α,β-unsaturated/α-hetero) is 1. The minimum absolute atomic E-state index is 0.0844. The van der Waals surface area contributed by atoms with Crippen LogP contribution in [0.2, 0.25) is 0 Å². The van der Waals surface area contributed by atoms with Crippen LogP contribution in [-0.4, -0.2) is 36.2 Å². The monoisotopic (exact) mass is 430 g/mol. The van der Waals surface area contributed by atoms with Gasteiger partial charge in [-0.15, -0.1) is 11.8 Å². The van der Waals surface area contributed by atoms with Gasteiger partial charge in [0.2, 0.25) is 0 Å². The van der Waals surface area contributed by atoms with Crippen LogP contribution >= 0.6 is 11.8 Å². The average molecular weight is 431 g/mol. The number of thioether (sulfide) groups is 1. The Bertz CT molecular complexity index is 1100. The van der Waals surface area contributed by atoms with E-state index >= 15 is 0 Å². The number of benzene rings is 2. The average Bonchev–Trinajstić information content (AvgIpc) is 2.78. The van der Waals surface area contributed by atoms with E-state index < -0.39 is 5.92 Å². The highest BCUT2D eigenvalue weighted by Gasteiger charge is 2.43. The number of carbonyl (C=O) groups is 1. The molecule has 2 aromatic rings. The largest absolute Gasteiger partial charge is 0.383 e. The Morgan fingerprint density at radius 1 is 1.06 bits per heavy atom. The highest BCUT2D eigenvalue weighted by atomic mass is 32.2. The Balaban J connectivity index is 1.87. The van der Waals surface area contributed by atoms with Gasteiger partial charge in [0.15, 0.2) is 5.78 Å². The summed E-state index contributed by atoms with van der Waals surface area (Å²) < 4.78 is 0. The van der Waals surface area contributed by atoms with Gasteiger partial charge in [0.25, 0.3) is 0 Å². The number of ketones is 1. The molecule has 0 fully saturated rings. The number of rotatable bonds is 4. The van der Waals surface area contributed by atoms with E-state index in [4.69, 9.17) is 5.73 Å². The fourth-order valence-corrected chi connectivity index (χ4v) is 5.07. The topological polar surface area (TPSA) is 73.4 Å². The van der Waals surface area contributed by atoms with Crippen LogP contribution in [0.1, 0.15) is 35.8 Å². The molecule has 5 nitrogen and oxygen atoms in total. The minimum atomic E-state index is -0.434. The molecule has 4 rings (SSSR count). The zero-order valence-electron chi connectivity index (χ0n) is 18.0. The molecule has 6 heteroatoms. The van der Waals surface area contributed by atoms with Gasteiger partial charge in [-0.25, -0.2) is 5.01 Å². The number of hydrogen-bond donors (Lipinski definition) is 1. The van der Waals surface area contributed by atoms with Crippen LogP contribution in [0, 0.1) is 11.3 Å². The Kier molecular flexibility index (Phi) is 5.90. The van der Waals surface area contributed by atoms with Crippen LogP contribution in [0.25, 0.3) is 0 Å². The van der Waals surface area contributed by atoms with Crippen molar-refractivity contribution in [3.05, 3.63) is 88.4 Å². The first-order valence-electron chi connectivity index (χ1n) is 10.3. The van der Waals surface area contributed by atoms with Gasteiger partial charge in [0, 0.05) is 36.7 Å². The summed E-state index contributed by atoms with van der Waals surface area (Å²) in [4.78, 5) is 14.7. The number of hydrogen-bond acceptors (Lipinski definition) is 6. The maximum Gasteiger partial charge on any atom is 0.162 e. The van der Waals surface area contributed by atoms with E-state index in [1.165, 1.54) is 0 Å². The smallest absolute Gasteiger partial charge is 0.162 e. The molecule has 2 atom stereocenters. The maximum atomic E-state index is 13.6. The van der Waals surface area contributed by atoms with Crippen molar-refractivity contribution >= 4 is 17.5 Å². The molecule has 2 N–H and O–H groups in total. The van der Waals surface area contributed by atoms with E-state index in [2.05, 4.69) is 18.2 Å². The molecular weight excluding hydrogens is 404 g/mol. The van der Waals surface area contributed by atoms with Crippen molar-refractivity contribution in [1.82, 2.24) is 10.0 Å². The summed E-state index contributed by atoms with van der Waals surface area (Å²) in [5.41, 5.74) is 10.6. The molecule has 1 heterocycles. The predicted octanol–water partition coefficient (Wildman–Crippen LogP) is 4.38. The van der Waals surface area contributed by atoms with Crippen LogP contribution < -0.4 is 5.73 Å². The standard InChI is InChI=1S/C25H26N4OS/c1-28(2)29-21-13-18(16-7-5-4-6-8-16)14-22(30)24(21)23(20(15-26)25(29)27)17-9-11-19(31-3)12-10-17/h4-12,18,23H,13-14,27H2,1-3H3/t18-,23+/m0/s1. The lowest BCUT2D eigenvalue weighted by Gasteiger charge is -2.43. The summed E-state index contributed by atoms with van der Waals surface area (Å²) in [5, 5.41) is 13.7. The quantitative estimate of drug-likeness (QED) is 0.726. The van der Waals surface area contributed by atoms with Crippen molar-refractivity contribution in [2.24, 2.45) is 5.73 Å². The zero-order valence-corrected chi connectivity index (χ0v) is 18.8. The van der Waals surface area contributed by atoms with Crippen molar-refractivity contribution in [3.8, 4) is 6.07 Å². The third-order valence-electron chi connectivity index (χ3n) is 6.06. The normalized spacial score (nSPS) is 21.4. The second kappa shape index (κ2) is 8.62. The molecule has 1 aliphatic heterocycles. The summed E-state index contributed by atoms with van der Waals surface area (Å²) in [5.74, 6) is 0.134. The van der Waals surface area contributed by atoms with E-state index in [9.17, 15) is 10.1 Å². The maximum absolute atomic E-state index is 13.6. The second-order valence-electron chi connectivity index (χ2n) is 8.08. The van der Waals surface area contributed by atoms with Crippen molar-refractivity contribution in [2.45, 2.75) is 29.6 Å². The summed E-state index contributed by atoms with van der Waals surface area (Å²) in [7, 11) is 3.77. The second-order valence-corrected chi connectivity index (χ2v) is 8.95. The van der Waals surface area contributed by atoms with Crippen molar-refractivity contribution in [3.63, 3.8) is 0 Å². The van der Waals surface area contributed by atoms with Crippen LogP contribution in [0.4, 0.5) is 0 Å². The lowest BCUT2D eigenvalue weighted by atomic mass is 9.72. The number of allylic oxidation sites excluding steroid dienone is 3. The van der Waals surface area contributed by atoms with Gasteiger partial charge >= 0.3 is 0 Å². The molecule has 0 amide bonds. The minimum Gasteiger partial charge on any atom is -0.383 e. The molecule has 0 saturated carbocycles. The van der Waals surface area contributed by atoms with E-state index in [1.54, 1.807) is 11.8 Å². The number of carbonyl (C=O) groups excluding carboxylic acids is 1. The first-order chi connectivity index (χ1) is 15.0. The number of hydrazine groups is 1. The van der Waals surface area contributed by atoms with Crippen molar-refractivity contribution < 1.29 is 4.79 Å².